The number of hydrogen-bond donors (Lipinski definition) is 1. The summed E-state index contributed by atoms with van der Waals surface area (Å²) in [4.78, 5) is 20.5. The third kappa shape index (κ3) is 3.94. The average Bonchev–Trinajstić information content (AvgIpc) is 3.28. The van der Waals surface area contributed by atoms with Gasteiger partial charge in [0.15, 0.2) is 5.69 Å². The Morgan fingerprint density at radius 3 is 2.75 bits per heavy atom. The maximum absolute atomic E-state index is 12.7. The normalized spacial score (nSPS) is 12.6. The fourth-order valence-corrected chi connectivity index (χ4v) is 2.34. The van der Waals surface area contributed by atoms with Gasteiger partial charge in [-0.25, -0.2) is 4.98 Å². The molecular weight excluding hydrogens is 381 g/mol. The van der Waals surface area contributed by atoms with Crippen LogP contribution in [-0.4, -0.2) is 37.9 Å². The van der Waals surface area contributed by atoms with Crippen LogP contribution in [0.4, 0.5) is 13.2 Å². The lowest BCUT2D eigenvalue weighted by molar-refractivity contribution is -0.141. The van der Waals surface area contributed by atoms with Gasteiger partial charge in [-0.2, -0.15) is 23.3 Å². The second kappa shape index (κ2) is 7.29. The van der Waals surface area contributed by atoms with E-state index in [9.17, 15) is 18.0 Å². The molecule has 0 unspecified atom stereocenters. The predicted octanol–water partition coefficient (Wildman–Crippen LogP) is 2.38. The number of halogens is 3. The molecule has 0 fully saturated rings. The molecular formula is C16H15F3N6O3. The molecule has 3 rings (SSSR count). The van der Waals surface area contributed by atoms with Crippen molar-refractivity contribution in [1.29, 1.82) is 0 Å². The van der Waals surface area contributed by atoms with Crippen LogP contribution >= 0.6 is 0 Å². The molecule has 0 bridgehead atoms. The maximum atomic E-state index is 12.7. The Labute approximate surface area is 156 Å². The Hall–Kier alpha value is -3.44. The molecule has 3 aromatic rings. The number of ether oxygens (including phenoxy) is 1. The summed E-state index contributed by atoms with van der Waals surface area (Å²) < 4.78 is 49.2. The van der Waals surface area contributed by atoms with Crippen molar-refractivity contribution in [1.82, 2.24) is 30.2 Å². The molecule has 0 spiro atoms. The average molecular weight is 396 g/mol. The van der Waals surface area contributed by atoms with Gasteiger partial charge in [0.1, 0.15) is 11.7 Å². The van der Waals surface area contributed by atoms with Crippen LogP contribution in [0.3, 0.4) is 0 Å². The van der Waals surface area contributed by atoms with Crippen molar-refractivity contribution in [2.24, 2.45) is 7.05 Å². The molecule has 1 N–H and O–H groups in total. The van der Waals surface area contributed by atoms with Crippen LogP contribution in [0.5, 0.6) is 5.88 Å². The molecule has 3 heterocycles. The number of aromatic nitrogens is 5. The standard InChI is InChI=1S/C16H15F3N6O3/c1-8(21-14(26)10-7-11(16(17,18)19)23-25(10)2)15-22-13(24-28-15)9-4-5-20-12(6-9)27-3/h4-8H,1-3H3,(H,21,26)/t8-/m1/s1. The number of nitrogens with one attached hydrogen (secondary N) is 1. The summed E-state index contributed by atoms with van der Waals surface area (Å²) in [6, 6.07) is 3.17. The summed E-state index contributed by atoms with van der Waals surface area (Å²) in [5, 5.41) is 9.64. The number of rotatable bonds is 5. The molecule has 1 amide bonds. The summed E-state index contributed by atoms with van der Waals surface area (Å²) in [6.07, 6.45) is -3.13. The molecule has 9 nitrogen and oxygen atoms in total. The number of amides is 1. The monoisotopic (exact) mass is 396 g/mol. The van der Waals surface area contributed by atoms with E-state index in [0.717, 1.165) is 4.68 Å². The number of pyridine rings is 1. The highest BCUT2D eigenvalue weighted by Crippen LogP contribution is 2.28. The SMILES string of the molecule is COc1cc(-c2noc([C@@H](C)NC(=O)c3cc(C(F)(F)F)nn3C)n2)ccn1. The van der Waals surface area contributed by atoms with Crippen LogP contribution < -0.4 is 10.1 Å². The number of methoxy groups -OCH3 is 1. The van der Waals surface area contributed by atoms with E-state index in [2.05, 4.69) is 25.5 Å². The zero-order chi connectivity index (χ0) is 20.5. The second-order valence-electron chi connectivity index (χ2n) is 5.77. The van der Waals surface area contributed by atoms with Crippen molar-refractivity contribution in [3.05, 3.63) is 41.7 Å². The molecule has 12 heteroatoms. The molecule has 28 heavy (non-hydrogen) atoms. The fraction of sp³-hybridized carbons (Fsp3) is 0.312. The Morgan fingerprint density at radius 1 is 1.36 bits per heavy atom. The van der Waals surface area contributed by atoms with Gasteiger partial charge in [-0.05, 0) is 13.0 Å². The van der Waals surface area contributed by atoms with Gasteiger partial charge >= 0.3 is 6.18 Å². The number of alkyl halides is 3. The first kappa shape index (κ1) is 19.3. The van der Waals surface area contributed by atoms with Crippen LogP contribution in [-0.2, 0) is 13.2 Å². The summed E-state index contributed by atoms with van der Waals surface area (Å²) in [6.45, 7) is 1.56. The van der Waals surface area contributed by atoms with Crippen LogP contribution in [0.25, 0.3) is 11.4 Å². The minimum absolute atomic E-state index is 0.0809. The quantitative estimate of drug-likeness (QED) is 0.705. The lowest BCUT2D eigenvalue weighted by Crippen LogP contribution is -2.28. The fourth-order valence-electron chi connectivity index (χ4n) is 2.34. The van der Waals surface area contributed by atoms with Crippen molar-refractivity contribution < 1.29 is 27.2 Å². The van der Waals surface area contributed by atoms with Gasteiger partial charge in [0.05, 0.1) is 7.11 Å². The Morgan fingerprint density at radius 2 is 2.11 bits per heavy atom. The van der Waals surface area contributed by atoms with E-state index in [0.29, 0.717) is 17.5 Å². The molecule has 0 aliphatic heterocycles. The van der Waals surface area contributed by atoms with Crippen molar-refractivity contribution in [3.63, 3.8) is 0 Å². The molecule has 3 aromatic heterocycles. The molecule has 0 aliphatic rings. The van der Waals surface area contributed by atoms with E-state index in [4.69, 9.17) is 9.26 Å². The van der Waals surface area contributed by atoms with Crippen LogP contribution in [0.1, 0.15) is 35.0 Å². The molecule has 0 saturated carbocycles. The minimum atomic E-state index is -4.64. The Balaban J connectivity index is 1.75. The van der Waals surface area contributed by atoms with E-state index in [-0.39, 0.29) is 17.4 Å². The molecule has 0 aromatic carbocycles. The van der Waals surface area contributed by atoms with Crippen molar-refractivity contribution in [3.8, 4) is 17.3 Å². The van der Waals surface area contributed by atoms with Crippen LogP contribution in [0.15, 0.2) is 28.9 Å². The topological polar surface area (TPSA) is 108 Å². The molecule has 0 radical (unpaired) electrons. The third-order valence-corrected chi connectivity index (χ3v) is 3.76. The van der Waals surface area contributed by atoms with Gasteiger partial charge < -0.3 is 14.6 Å². The third-order valence-electron chi connectivity index (χ3n) is 3.76. The second-order valence-corrected chi connectivity index (χ2v) is 5.77. The van der Waals surface area contributed by atoms with E-state index < -0.39 is 23.8 Å². The smallest absolute Gasteiger partial charge is 0.435 e. The molecule has 0 saturated heterocycles. The van der Waals surface area contributed by atoms with Gasteiger partial charge in [-0.3, -0.25) is 9.48 Å². The highest BCUT2D eigenvalue weighted by molar-refractivity contribution is 5.92. The lowest BCUT2D eigenvalue weighted by Gasteiger charge is -2.09. The van der Waals surface area contributed by atoms with Gasteiger partial charge in [0, 0.05) is 30.9 Å². The number of hydrogen-bond acceptors (Lipinski definition) is 7. The Bertz CT molecular complexity index is 998. The largest absolute Gasteiger partial charge is 0.481 e. The summed E-state index contributed by atoms with van der Waals surface area (Å²) in [5.74, 6) is -0.0701. The minimum Gasteiger partial charge on any atom is -0.481 e. The van der Waals surface area contributed by atoms with Crippen molar-refractivity contribution in [2.45, 2.75) is 19.1 Å². The van der Waals surface area contributed by atoms with Crippen molar-refractivity contribution >= 4 is 5.91 Å². The van der Waals surface area contributed by atoms with Crippen LogP contribution in [0.2, 0.25) is 0 Å². The lowest BCUT2D eigenvalue weighted by atomic mass is 10.2. The van der Waals surface area contributed by atoms with E-state index in [1.54, 1.807) is 19.1 Å². The number of nitrogens with zero attached hydrogens (tertiary/aromatic N) is 5. The van der Waals surface area contributed by atoms with E-state index >= 15 is 0 Å². The highest BCUT2D eigenvalue weighted by Gasteiger charge is 2.35. The molecule has 0 aliphatic carbocycles. The summed E-state index contributed by atoms with van der Waals surface area (Å²) in [7, 11) is 2.71. The van der Waals surface area contributed by atoms with E-state index in [1.807, 2.05) is 0 Å². The maximum Gasteiger partial charge on any atom is 0.435 e. The van der Waals surface area contributed by atoms with Crippen LogP contribution in [0, 0.1) is 0 Å². The van der Waals surface area contributed by atoms with E-state index in [1.165, 1.54) is 20.4 Å². The number of carbonyl (C=O) groups excluding carboxylic acids is 1. The molecule has 148 valence electrons. The Kier molecular flexibility index (Phi) is 5.03. The number of carbonyl (C=O) groups is 1. The van der Waals surface area contributed by atoms with Gasteiger partial charge in [0.25, 0.3) is 5.91 Å². The zero-order valence-corrected chi connectivity index (χ0v) is 15.0. The first-order valence-electron chi connectivity index (χ1n) is 7.95. The summed E-state index contributed by atoms with van der Waals surface area (Å²) in [5.41, 5.74) is -0.820. The first-order chi connectivity index (χ1) is 13.2. The predicted molar refractivity (Wildman–Crippen MR) is 88.2 cm³/mol. The zero-order valence-electron chi connectivity index (χ0n) is 15.0. The first-order valence-corrected chi connectivity index (χ1v) is 7.95. The van der Waals surface area contributed by atoms with Gasteiger partial charge in [0.2, 0.25) is 17.6 Å². The number of aryl methyl sites for hydroxylation is 1. The summed E-state index contributed by atoms with van der Waals surface area (Å²) >= 11 is 0. The van der Waals surface area contributed by atoms with Crippen molar-refractivity contribution in [2.75, 3.05) is 7.11 Å². The highest BCUT2D eigenvalue weighted by atomic mass is 19.4. The van der Waals surface area contributed by atoms with Gasteiger partial charge in [-0.15, -0.1) is 0 Å². The van der Waals surface area contributed by atoms with Gasteiger partial charge in [-0.1, -0.05) is 5.16 Å². The molecule has 1 atom stereocenters.